The van der Waals surface area contributed by atoms with Gasteiger partial charge in [-0.3, -0.25) is 4.79 Å². The molecule has 208 valence electrons. The van der Waals surface area contributed by atoms with Crippen molar-refractivity contribution < 1.29 is 24.5 Å². The molecule has 1 saturated heterocycles. The Hall–Kier alpha value is -0.650. The standard InChI is InChI=1S/C32H50O5/c1-28(2)24-11-9-19-21-16-23-20(30(21,5)14-15-31(19)17-32(24,31)13-12-25(28)33)8-10-22(36-23)26(29(3,4)35)37-27(34)18-6-7-18/h18-26,33,35H,6-17H2,1-5H3/t19?,20?,21?,22?,23?,24?,25-,26-,30?,31-,32?/m0/s1. The van der Waals surface area contributed by atoms with Crippen molar-refractivity contribution in [3.63, 3.8) is 0 Å². The zero-order valence-corrected chi connectivity index (χ0v) is 23.8. The number of carbonyl (C=O) groups excluding carboxylic acids is 1. The smallest absolute Gasteiger partial charge is 0.309 e. The van der Waals surface area contributed by atoms with Crippen LogP contribution in [0.1, 0.15) is 112 Å². The first kappa shape index (κ1) is 25.3. The van der Waals surface area contributed by atoms with E-state index in [2.05, 4.69) is 20.8 Å². The molecule has 0 aromatic rings. The first-order chi connectivity index (χ1) is 17.3. The highest BCUT2D eigenvalue weighted by molar-refractivity contribution is 5.75. The summed E-state index contributed by atoms with van der Waals surface area (Å²) in [5.41, 5.74) is 0.233. The lowest BCUT2D eigenvalue weighted by molar-refractivity contribution is -0.202. The molecule has 7 fully saturated rings. The average Bonchev–Trinajstić information content (AvgIpc) is 3.74. The molecule has 5 nitrogen and oxygen atoms in total. The van der Waals surface area contributed by atoms with Crippen LogP contribution in [0.25, 0.3) is 0 Å². The second-order valence-electron chi connectivity index (χ2n) is 16.1. The minimum Gasteiger partial charge on any atom is -0.456 e. The number of fused-ring (bicyclic) bond motifs is 4. The van der Waals surface area contributed by atoms with E-state index in [9.17, 15) is 15.0 Å². The van der Waals surface area contributed by atoms with Crippen molar-refractivity contribution in [1.82, 2.24) is 0 Å². The predicted octanol–water partition coefficient (Wildman–Crippen LogP) is 5.65. The number of ether oxygens (including phenoxy) is 2. The van der Waals surface area contributed by atoms with E-state index in [0.717, 1.165) is 44.4 Å². The molecule has 2 spiro atoms. The highest BCUT2D eigenvalue weighted by Gasteiger charge is 2.80. The van der Waals surface area contributed by atoms with E-state index >= 15 is 0 Å². The Balaban J connectivity index is 1.12. The lowest BCUT2D eigenvalue weighted by Crippen LogP contribution is -2.54. The second-order valence-corrected chi connectivity index (χ2v) is 16.1. The van der Waals surface area contributed by atoms with E-state index in [1.54, 1.807) is 13.8 Å². The molecule has 6 aliphatic carbocycles. The van der Waals surface area contributed by atoms with Crippen LogP contribution in [0.2, 0.25) is 0 Å². The van der Waals surface area contributed by atoms with Crippen LogP contribution >= 0.6 is 0 Å². The molecule has 0 aromatic carbocycles. The van der Waals surface area contributed by atoms with Gasteiger partial charge in [0.1, 0.15) is 0 Å². The number of hydrogen-bond donors (Lipinski definition) is 2. The maximum Gasteiger partial charge on any atom is 0.309 e. The van der Waals surface area contributed by atoms with Crippen LogP contribution in [0, 0.1) is 51.2 Å². The van der Waals surface area contributed by atoms with Crippen LogP contribution < -0.4 is 0 Å². The monoisotopic (exact) mass is 514 g/mol. The summed E-state index contributed by atoms with van der Waals surface area (Å²) in [6.07, 6.45) is 13.1. The molecular formula is C32H50O5. The third-order valence-electron chi connectivity index (χ3n) is 13.8. The molecule has 7 rings (SSSR count). The van der Waals surface area contributed by atoms with Gasteiger partial charge in [0.05, 0.1) is 29.8 Å². The summed E-state index contributed by atoms with van der Waals surface area (Å²) < 4.78 is 12.8. The third kappa shape index (κ3) is 3.35. The van der Waals surface area contributed by atoms with Crippen molar-refractivity contribution in [2.24, 2.45) is 51.2 Å². The highest BCUT2D eigenvalue weighted by atomic mass is 16.6. The molecule has 7 aliphatic rings. The van der Waals surface area contributed by atoms with Gasteiger partial charge in [0.15, 0.2) is 6.10 Å². The lowest BCUT2D eigenvalue weighted by Gasteiger charge is -2.59. The molecule has 0 radical (unpaired) electrons. The van der Waals surface area contributed by atoms with Crippen molar-refractivity contribution in [3.8, 4) is 0 Å². The fourth-order valence-corrected chi connectivity index (χ4v) is 11.7. The van der Waals surface area contributed by atoms with Gasteiger partial charge in [-0.1, -0.05) is 20.8 Å². The Labute approximate surface area is 223 Å². The largest absolute Gasteiger partial charge is 0.456 e. The molecule has 1 aliphatic heterocycles. The van der Waals surface area contributed by atoms with Gasteiger partial charge in [-0.15, -0.1) is 0 Å². The molecule has 1 heterocycles. The summed E-state index contributed by atoms with van der Waals surface area (Å²) in [4.78, 5) is 12.6. The average molecular weight is 515 g/mol. The van der Waals surface area contributed by atoms with Crippen molar-refractivity contribution in [2.45, 2.75) is 142 Å². The van der Waals surface area contributed by atoms with Crippen molar-refractivity contribution >= 4 is 5.97 Å². The fourth-order valence-electron chi connectivity index (χ4n) is 11.7. The predicted molar refractivity (Wildman–Crippen MR) is 140 cm³/mol. The van der Waals surface area contributed by atoms with Crippen LogP contribution in [0.3, 0.4) is 0 Å². The fraction of sp³-hybridized carbons (Fsp3) is 0.969. The van der Waals surface area contributed by atoms with Crippen LogP contribution in [-0.4, -0.2) is 46.2 Å². The summed E-state index contributed by atoms with van der Waals surface area (Å²) in [5.74, 6) is 2.62. The number of esters is 1. The number of hydrogen-bond acceptors (Lipinski definition) is 5. The molecule has 0 bridgehead atoms. The van der Waals surface area contributed by atoms with E-state index in [1.165, 1.54) is 38.5 Å². The Morgan fingerprint density at radius 1 is 0.919 bits per heavy atom. The summed E-state index contributed by atoms with van der Waals surface area (Å²) in [6, 6.07) is 0. The first-order valence-electron chi connectivity index (χ1n) is 15.6. The van der Waals surface area contributed by atoms with E-state index in [-0.39, 0.29) is 35.6 Å². The van der Waals surface area contributed by atoms with Gasteiger partial charge in [-0.25, -0.2) is 0 Å². The molecule has 0 aromatic heterocycles. The summed E-state index contributed by atoms with van der Waals surface area (Å²) in [5, 5.41) is 21.9. The van der Waals surface area contributed by atoms with E-state index in [4.69, 9.17) is 9.47 Å². The van der Waals surface area contributed by atoms with E-state index < -0.39 is 11.7 Å². The van der Waals surface area contributed by atoms with Crippen LogP contribution in [0.15, 0.2) is 0 Å². The summed E-state index contributed by atoms with van der Waals surface area (Å²) in [7, 11) is 0. The number of aliphatic hydroxyl groups is 2. The van der Waals surface area contributed by atoms with Crippen molar-refractivity contribution in [1.29, 1.82) is 0 Å². The molecular weight excluding hydrogens is 464 g/mol. The summed E-state index contributed by atoms with van der Waals surface area (Å²) in [6.45, 7) is 10.8. The zero-order chi connectivity index (χ0) is 26.2. The Bertz CT molecular complexity index is 965. The maximum atomic E-state index is 12.6. The Kier molecular flexibility index (Phi) is 5.31. The molecule has 5 heteroatoms. The van der Waals surface area contributed by atoms with E-state index in [0.29, 0.717) is 34.0 Å². The second kappa shape index (κ2) is 7.75. The molecule has 11 atom stereocenters. The van der Waals surface area contributed by atoms with Crippen molar-refractivity contribution in [3.05, 3.63) is 0 Å². The Morgan fingerprint density at radius 2 is 1.65 bits per heavy atom. The molecule has 6 saturated carbocycles. The third-order valence-corrected chi connectivity index (χ3v) is 13.8. The highest BCUT2D eigenvalue weighted by Crippen LogP contribution is 2.87. The van der Waals surface area contributed by atoms with Gasteiger partial charge in [0.25, 0.3) is 0 Å². The molecule has 2 N–H and O–H groups in total. The molecule has 8 unspecified atom stereocenters. The minimum absolute atomic E-state index is 0.0255. The summed E-state index contributed by atoms with van der Waals surface area (Å²) >= 11 is 0. The topological polar surface area (TPSA) is 76.0 Å². The zero-order valence-electron chi connectivity index (χ0n) is 23.8. The van der Waals surface area contributed by atoms with Gasteiger partial charge in [0.2, 0.25) is 0 Å². The van der Waals surface area contributed by atoms with Crippen LogP contribution in [0.5, 0.6) is 0 Å². The normalized spacial score (nSPS) is 52.6. The van der Waals surface area contributed by atoms with E-state index in [1.807, 2.05) is 0 Å². The SMILES string of the molecule is CC12CC[C@@]34CC35CC[C@H](O)C(C)(C)C5CCC4C1CC1OC([C@H](OC(=O)C3CC3)C(C)(C)O)CCC12. The number of aliphatic hydroxyl groups excluding tert-OH is 1. The van der Waals surface area contributed by atoms with Gasteiger partial charge in [0, 0.05) is 0 Å². The van der Waals surface area contributed by atoms with Crippen LogP contribution in [0.4, 0.5) is 0 Å². The van der Waals surface area contributed by atoms with Gasteiger partial charge < -0.3 is 19.7 Å². The quantitative estimate of drug-likeness (QED) is 0.475. The molecule has 37 heavy (non-hydrogen) atoms. The van der Waals surface area contributed by atoms with Crippen LogP contribution in [-0.2, 0) is 14.3 Å². The van der Waals surface area contributed by atoms with Gasteiger partial charge in [-0.2, -0.15) is 0 Å². The van der Waals surface area contributed by atoms with Gasteiger partial charge >= 0.3 is 5.97 Å². The first-order valence-corrected chi connectivity index (χ1v) is 15.6. The van der Waals surface area contributed by atoms with Crippen molar-refractivity contribution in [2.75, 3.05) is 0 Å². The number of rotatable bonds is 4. The Morgan fingerprint density at radius 3 is 2.35 bits per heavy atom. The molecule has 0 amide bonds. The van der Waals surface area contributed by atoms with Gasteiger partial charge in [-0.05, 0) is 136 Å². The minimum atomic E-state index is -1.11. The lowest BCUT2D eigenvalue weighted by atomic mass is 9.46. The number of carbonyl (C=O) groups is 1. The maximum absolute atomic E-state index is 12.6.